The maximum atomic E-state index is 11.1. The maximum absolute atomic E-state index is 11.1. The number of benzene rings is 1. The fraction of sp³-hybridized carbons (Fsp3) is 0.312. The minimum absolute atomic E-state index is 0.0571. The van der Waals surface area contributed by atoms with Gasteiger partial charge in [0.1, 0.15) is 12.4 Å². The molecule has 0 aliphatic heterocycles. The van der Waals surface area contributed by atoms with Gasteiger partial charge < -0.3 is 9.47 Å². The molecule has 0 bridgehead atoms. The van der Waals surface area contributed by atoms with Gasteiger partial charge in [-0.05, 0) is 49.8 Å². The Labute approximate surface area is 114 Å². The maximum Gasteiger partial charge on any atom is 0.159 e. The Kier molecular flexibility index (Phi) is 6.61. The monoisotopic (exact) mass is 260 g/mol. The molecule has 0 atom stereocenters. The molecule has 0 aliphatic carbocycles. The molecular weight excluding hydrogens is 240 g/mol. The molecular formula is C16H20O3. The van der Waals surface area contributed by atoms with Gasteiger partial charge in [-0.1, -0.05) is 6.08 Å². The summed E-state index contributed by atoms with van der Waals surface area (Å²) in [4.78, 5) is 11.1. The Morgan fingerprint density at radius 3 is 2.47 bits per heavy atom. The Balaban J connectivity index is 2.37. The van der Waals surface area contributed by atoms with E-state index in [0.29, 0.717) is 25.4 Å². The number of rotatable bonds is 8. The van der Waals surface area contributed by atoms with E-state index in [1.807, 2.05) is 13.0 Å². The third kappa shape index (κ3) is 6.02. The molecule has 1 rings (SSSR count). The van der Waals surface area contributed by atoms with E-state index in [-0.39, 0.29) is 5.78 Å². The van der Waals surface area contributed by atoms with Crippen molar-refractivity contribution in [2.45, 2.75) is 13.8 Å². The Hall–Kier alpha value is -1.87. The fourth-order valence-electron chi connectivity index (χ4n) is 1.43. The molecule has 0 saturated heterocycles. The van der Waals surface area contributed by atoms with Crippen LogP contribution in [0.25, 0.3) is 0 Å². The van der Waals surface area contributed by atoms with E-state index in [4.69, 9.17) is 9.47 Å². The zero-order chi connectivity index (χ0) is 14.1. The molecule has 19 heavy (non-hydrogen) atoms. The van der Waals surface area contributed by atoms with Crippen LogP contribution in [-0.2, 0) is 4.74 Å². The van der Waals surface area contributed by atoms with Crippen LogP contribution in [0.15, 0.2) is 48.6 Å². The van der Waals surface area contributed by atoms with Crippen LogP contribution in [0.5, 0.6) is 5.75 Å². The summed E-state index contributed by atoms with van der Waals surface area (Å²) in [6.45, 7) is 8.75. The molecule has 3 nitrogen and oxygen atoms in total. The zero-order valence-corrected chi connectivity index (χ0v) is 11.5. The normalized spacial score (nSPS) is 11.2. The molecule has 102 valence electrons. The molecule has 0 aliphatic rings. The number of ether oxygens (including phenoxy) is 2. The largest absolute Gasteiger partial charge is 0.490 e. The molecule has 1 aromatic rings. The van der Waals surface area contributed by atoms with Crippen molar-refractivity contribution in [3.05, 3.63) is 54.1 Å². The zero-order valence-electron chi connectivity index (χ0n) is 11.5. The lowest BCUT2D eigenvalue weighted by Gasteiger charge is -2.05. The number of carbonyl (C=O) groups excluding carboxylic acids is 1. The molecule has 0 fully saturated rings. The molecule has 0 unspecified atom stereocenters. The minimum Gasteiger partial charge on any atom is -0.490 e. The van der Waals surface area contributed by atoms with Crippen molar-refractivity contribution >= 4 is 5.78 Å². The molecule has 0 saturated carbocycles. The first-order valence-corrected chi connectivity index (χ1v) is 6.21. The second-order valence-corrected chi connectivity index (χ2v) is 4.25. The second-order valence-electron chi connectivity index (χ2n) is 4.25. The highest BCUT2D eigenvalue weighted by Gasteiger charge is 1.99. The number of carbonyl (C=O) groups is 1. The predicted molar refractivity (Wildman–Crippen MR) is 76.7 cm³/mol. The summed E-state index contributed by atoms with van der Waals surface area (Å²) in [6.07, 6.45) is 3.70. The number of hydrogen-bond donors (Lipinski definition) is 0. The van der Waals surface area contributed by atoms with Crippen molar-refractivity contribution in [2.24, 2.45) is 0 Å². The summed E-state index contributed by atoms with van der Waals surface area (Å²) in [5.41, 5.74) is 1.80. The Morgan fingerprint density at radius 2 is 1.89 bits per heavy atom. The van der Waals surface area contributed by atoms with Crippen LogP contribution in [0.2, 0.25) is 0 Å². The van der Waals surface area contributed by atoms with Gasteiger partial charge in [-0.2, -0.15) is 0 Å². The number of hydrogen-bond acceptors (Lipinski definition) is 3. The van der Waals surface area contributed by atoms with Crippen LogP contribution < -0.4 is 4.74 Å². The van der Waals surface area contributed by atoms with Gasteiger partial charge in [0, 0.05) is 5.56 Å². The van der Waals surface area contributed by atoms with Crippen molar-refractivity contribution in [1.29, 1.82) is 0 Å². The minimum atomic E-state index is 0.0571. The van der Waals surface area contributed by atoms with Crippen LogP contribution in [0, 0.1) is 0 Å². The smallest absolute Gasteiger partial charge is 0.159 e. The van der Waals surface area contributed by atoms with Crippen LogP contribution in [-0.4, -0.2) is 25.6 Å². The van der Waals surface area contributed by atoms with Crippen molar-refractivity contribution in [1.82, 2.24) is 0 Å². The number of Topliss-reactive ketones (excluding diaryl/α,β-unsaturated/α-hetero) is 1. The summed E-state index contributed by atoms with van der Waals surface area (Å²) < 4.78 is 10.9. The van der Waals surface area contributed by atoms with Crippen LogP contribution >= 0.6 is 0 Å². The lowest BCUT2D eigenvalue weighted by Crippen LogP contribution is -2.00. The first-order valence-electron chi connectivity index (χ1n) is 6.21. The molecule has 0 aromatic heterocycles. The molecule has 1 aromatic carbocycles. The van der Waals surface area contributed by atoms with E-state index in [0.717, 1.165) is 11.3 Å². The molecule has 0 N–H and O–H groups in total. The van der Waals surface area contributed by atoms with Gasteiger partial charge in [-0.3, -0.25) is 4.79 Å². The highest BCUT2D eigenvalue weighted by Crippen LogP contribution is 2.12. The first kappa shape index (κ1) is 15.2. The third-order valence-corrected chi connectivity index (χ3v) is 2.51. The van der Waals surface area contributed by atoms with Crippen LogP contribution in [0.3, 0.4) is 0 Å². The fourth-order valence-corrected chi connectivity index (χ4v) is 1.43. The summed E-state index contributed by atoms with van der Waals surface area (Å²) in [5, 5.41) is 0. The highest BCUT2D eigenvalue weighted by atomic mass is 16.5. The molecule has 0 amide bonds. The molecule has 0 radical (unpaired) electrons. The van der Waals surface area contributed by atoms with Gasteiger partial charge in [-0.25, -0.2) is 0 Å². The van der Waals surface area contributed by atoms with E-state index >= 15 is 0 Å². The Morgan fingerprint density at radius 1 is 1.21 bits per heavy atom. The van der Waals surface area contributed by atoms with Gasteiger partial charge >= 0.3 is 0 Å². The van der Waals surface area contributed by atoms with Crippen molar-refractivity contribution in [2.75, 3.05) is 19.8 Å². The van der Waals surface area contributed by atoms with Gasteiger partial charge in [0.2, 0.25) is 0 Å². The summed E-state index contributed by atoms with van der Waals surface area (Å²) >= 11 is 0. The lowest BCUT2D eigenvalue weighted by atomic mass is 10.1. The molecule has 3 heteroatoms. The van der Waals surface area contributed by atoms with Crippen LogP contribution in [0.4, 0.5) is 0 Å². The first-order chi connectivity index (χ1) is 9.13. The Bertz CT molecular complexity index is 444. The standard InChI is InChI=1S/C16H20O3/c1-4-10-18-12-13(2)9-11-19-16-7-5-15(6-8-16)14(3)17/h4-9H,1,10-12H2,2-3H3/b13-9+. The van der Waals surface area contributed by atoms with Crippen molar-refractivity contribution in [3.63, 3.8) is 0 Å². The molecule has 0 heterocycles. The molecule has 0 spiro atoms. The third-order valence-electron chi connectivity index (χ3n) is 2.51. The van der Waals surface area contributed by atoms with Gasteiger partial charge in [0.15, 0.2) is 5.78 Å². The van der Waals surface area contributed by atoms with E-state index in [9.17, 15) is 4.79 Å². The number of ketones is 1. The lowest BCUT2D eigenvalue weighted by molar-refractivity contribution is 0.101. The summed E-state index contributed by atoms with van der Waals surface area (Å²) in [6, 6.07) is 7.13. The average molecular weight is 260 g/mol. The van der Waals surface area contributed by atoms with E-state index in [1.54, 1.807) is 37.3 Å². The van der Waals surface area contributed by atoms with Crippen LogP contribution in [0.1, 0.15) is 24.2 Å². The summed E-state index contributed by atoms with van der Waals surface area (Å²) in [7, 11) is 0. The van der Waals surface area contributed by atoms with Crippen molar-refractivity contribution < 1.29 is 14.3 Å². The average Bonchev–Trinajstić information content (AvgIpc) is 2.39. The van der Waals surface area contributed by atoms with E-state index in [1.165, 1.54) is 0 Å². The van der Waals surface area contributed by atoms with Gasteiger partial charge in [0.05, 0.1) is 13.2 Å². The highest BCUT2D eigenvalue weighted by molar-refractivity contribution is 5.94. The quantitative estimate of drug-likeness (QED) is 0.408. The van der Waals surface area contributed by atoms with Gasteiger partial charge in [-0.15, -0.1) is 6.58 Å². The van der Waals surface area contributed by atoms with Gasteiger partial charge in [0.25, 0.3) is 0 Å². The van der Waals surface area contributed by atoms with E-state index in [2.05, 4.69) is 6.58 Å². The summed E-state index contributed by atoms with van der Waals surface area (Å²) in [5.74, 6) is 0.808. The second kappa shape index (κ2) is 8.27. The van der Waals surface area contributed by atoms with E-state index < -0.39 is 0 Å². The predicted octanol–water partition coefficient (Wildman–Crippen LogP) is 3.42. The van der Waals surface area contributed by atoms with Crippen molar-refractivity contribution in [3.8, 4) is 5.75 Å². The topological polar surface area (TPSA) is 35.5 Å². The SMILES string of the molecule is C=CCOC/C(C)=C/COc1ccc(C(C)=O)cc1.